The van der Waals surface area contributed by atoms with Crippen LogP contribution in [0.25, 0.3) is 0 Å². The van der Waals surface area contributed by atoms with Crippen LogP contribution in [-0.4, -0.2) is 19.8 Å². The van der Waals surface area contributed by atoms with Crippen LogP contribution >= 0.6 is 0 Å². The Hall–Kier alpha value is -1.23. The largest absolute Gasteiger partial charge is 0.494 e. The molecule has 1 unspecified atom stereocenters. The Morgan fingerprint density at radius 3 is 2.24 bits per heavy atom. The highest BCUT2D eigenvalue weighted by molar-refractivity contribution is 5.29. The van der Waals surface area contributed by atoms with E-state index in [4.69, 9.17) is 4.74 Å². The number of alkyl halides is 3. The van der Waals surface area contributed by atoms with E-state index in [9.17, 15) is 13.2 Å². The summed E-state index contributed by atoms with van der Waals surface area (Å²) in [6, 6.07) is 5.94. The molecule has 0 saturated heterocycles. The van der Waals surface area contributed by atoms with E-state index in [1.807, 2.05) is 6.92 Å². The molecule has 96 valence electrons. The summed E-state index contributed by atoms with van der Waals surface area (Å²) in [5, 5.41) is 2.67. The first-order valence-electron chi connectivity index (χ1n) is 5.43. The first-order valence-corrected chi connectivity index (χ1v) is 5.43. The van der Waals surface area contributed by atoms with Crippen molar-refractivity contribution in [3.63, 3.8) is 0 Å². The third-order valence-electron chi connectivity index (χ3n) is 2.38. The third-order valence-corrected chi connectivity index (χ3v) is 2.38. The molecular weight excluding hydrogens is 231 g/mol. The van der Waals surface area contributed by atoms with E-state index < -0.39 is 18.6 Å². The fourth-order valence-electron chi connectivity index (χ4n) is 1.58. The molecule has 0 saturated carbocycles. The molecular formula is C12H16F3NO. The minimum absolute atomic E-state index is 0.539. The van der Waals surface area contributed by atoms with Gasteiger partial charge in [0.1, 0.15) is 5.75 Å². The normalized spacial score (nSPS) is 13.5. The number of hydrogen-bond donors (Lipinski definition) is 1. The summed E-state index contributed by atoms with van der Waals surface area (Å²) in [6.07, 6.45) is -5.05. The van der Waals surface area contributed by atoms with E-state index in [-0.39, 0.29) is 0 Å². The summed E-state index contributed by atoms with van der Waals surface area (Å²) in [6.45, 7) is 2.39. The van der Waals surface area contributed by atoms with Gasteiger partial charge in [-0.3, -0.25) is 0 Å². The van der Waals surface area contributed by atoms with Gasteiger partial charge in [-0.05, 0) is 31.7 Å². The van der Waals surface area contributed by atoms with Crippen molar-refractivity contribution in [2.75, 3.05) is 13.7 Å². The Morgan fingerprint density at radius 1 is 1.24 bits per heavy atom. The van der Waals surface area contributed by atoms with Gasteiger partial charge in [0.05, 0.1) is 13.0 Å². The van der Waals surface area contributed by atoms with Crippen molar-refractivity contribution in [3.05, 3.63) is 29.8 Å². The van der Waals surface area contributed by atoms with Crippen molar-refractivity contribution in [2.45, 2.75) is 25.6 Å². The molecule has 1 atom stereocenters. The Labute approximate surface area is 98.8 Å². The number of nitrogens with one attached hydrogen (secondary N) is 1. The Balaban J connectivity index is 2.75. The van der Waals surface area contributed by atoms with E-state index in [1.54, 1.807) is 24.3 Å². The highest BCUT2D eigenvalue weighted by Crippen LogP contribution is 2.29. The molecule has 0 aliphatic rings. The van der Waals surface area contributed by atoms with Crippen molar-refractivity contribution < 1.29 is 17.9 Å². The summed E-state index contributed by atoms with van der Waals surface area (Å²) in [7, 11) is 1.52. The zero-order chi connectivity index (χ0) is 12.9. The molecule has 0 bridgehead atoms. The van der Waals surface area contributed by atoms with Gasteiger partial charge >= 0.3 is 6.18 Å². The zero-order valence-corrected chi connectivity index (χ0v) is 9.84. The molecule has 1 rings (SSSR count). The maximum atomic E-state index is 12.3. The van der Waals surface area contributed by atoms with Gasteiger partial charge in [0.15, 0.2) is 0 Å². The molecule has 0 fully saturated rings. The standard InChI is InChI=1S/C12H16F3NO/c1-3-17-10-6-4-9(5-7-10)11(16-2)8-12(13,14)15/h4-7,11,16H,3,8H2,1-2H3. The van der Waals surface area contributed by atoms with Gasteiger partial charge < -0.3 is 10.1 Å². The van der Waals surface area contributed by atoms with Gasteiger partial charge in [-0.1, -0.05) is 12.1 Å². The summed E-state index contributed by atoms with van der Waals surface area (Å²) in [5.74, 6) is 0.665. The smallest absolute Gasteiger partial charge is 0.390 e. The molecule has 1 aromatic rings. The van der Waals surface area contributed by atoms with E-state index in [0.29, 0.717) is 17.9 Å². The first-order chi connectivity index (χ1) is 7.96. The number of hydrogen-bond acceptors (Lipinski definition) is 2. The summed E-state index contributed by atoms with van der Waals surface area (Å²) >= 11 is 0. The van der Waals surface area contributed by atoms with Gasteiger partial charge in [-0.2, -0.15) is 13.2 Å². The van der Waals surface area contributed by atoms with Crippen LogP contribution in [0.4, 0.5) is 13.2 Å². The predicted molar refractivity (Wildman–Crippen MR) is 60.1 cm³/mol. The van der Waals surface area contributed by atoms with E-state index in [0.717, 1.165) is 0 Å². The summed E-state index contributed by atoms with van der Waals surface area (Å²) in [5.41, 5.74) is 0.605. The highest BCUT2D eigenvalue weighted by Gasteiger charge is 2.31. The second-order valence-electron chi connectivity index (χ2n) is 3.66. The predicted octanol–water partition coefficient (Wildman–Crippen LogP) is 3.30. The second kappa shape index (κ2) is 5.91. The van der Waals surface area contributed by atoms with Crippen LogP contribution in [0.15, 0.2) is 24.3 Å². The van der Waals surface area contributed by atoms with E-state index in [1.165, 1.54) is 7.05 Å². The average molecular weight is 247 g/mol. The number of ether oxygens (including phenoxy) is 1. The SMILES string of the molecule is CCOc1ccc(C(CC(F)(F)F)NC)cc1. The van der Waals surface area contributed by atoms with Crippen LogP contribution in [0.3, 0.4) is 0 Å². The van der Waals surface area contributed by atoms with Crippen LogP contribution in [0.5, 0.6) is 5.75 Å². The monoisotopic (exact) mass is 247 g/mol. The van der Waals surface area contributed by atoms with Crippen molar-refractivity contribution in [1.82, 2.24) is 5.32 Å². The molecule has 0 aromatic heterocycles. The molecule has 0 heterocycles. The lowest BCUT2D eigenvalue weighted by atomic mass is 10.0. The minimum Gasteiger partial charge on any atom is -0.494 e. The Kier molecular flexibility index (Phi) is 4.81. The Morgan fingerprint density at radius 2 is 1.82 bits per heavy atom. The van der Waals surface area contributed by atoms with Gasteiger partial charge in [0, 0.05) is 6.04 Å². The van der Waals surface area contributed by atoms with E-state index >= 15 is 0 Å². The summed E-state index contributed by atoms with van der Waals surface area (Å²) < 4.78 is 42.2. The molecule has 2 nitrogen and oxygen atoms in total. The molecule has 5 heteroatoms. The van der Waals surface area contributed by atoms with Gasteiger partial charge in [0.25, 0.3) is 0 Å². The zero-order valence-electron chi connectivity index (χ0n) is 9.84. The van der Waals surface area contributed by atoms with Crippen LogP contribution in [-0.2, 0) is 0 Å². The van der Waals surface area contributed by atoms with Gasteiger partial charge in [0.2, 0.25) is 0 Å². The van der Waals surface area contributed by atoms with Gasteiger partial charge in [-0.25, -0.2) is 0 Å². The number of halogens is 3. The number of rotatable bonds is 5. The van der Waals surface area contributed by atoms with Crippen LogP contribution < -0.4 is 10.1 Å². The second-order valence-corrected chi connectivity index (χ2v) is 3.66. The molecule has 0 aliphatic carbocycles. The molecule has 0 radical (unpaired) electrons. The van der Waals surface area contributed by atoms with Crippen molar-refractivity contribution in [2.24, 2.45) is 0 Å². The molecule has 1 aromatic carbocycles. The Bertz CT molecular complexity index is 335. The van der Waals surface area contributed by atoms with Crippen LogP contribution in [0.2, 0.25) is 0 Å². The number of benzene rings is 1. The van der Waals surface area contributed by atoms with Crippen molar-refractivity contribution in [3.8, 4) is 5.75 Å². The molecule has 0 aliphatic heterocycles. The lowest BCUT2D eigenvalue weighted by Gasteiger charge is -2.18. The first kappa shape index (κ1) is 13.8. The molecule has 0 amide bonds. The maximum Gasteiger partial charge on any atom is 0.390 e. The lowest BCUT2D eigenvalue weighted by molar-refractivity contribution is -0.140. The summed E-state index contributed by atoms with van der Waals surface area (Å²) in [4.78, 5) is 0. The fraction of sp³-hybridized carbons (Fsp3) is 0.500. The lowest BCUT2D eigenvalue weighted by Crippen LogP contribution is -2.23. The minimum atomic E-state index is -4.17. The molecule has 17 heavy (non-hydrogen) atoms. The molecule has 1 N–H and O–H groups in total. The van der Waals surface area contributed by atoms with Crippen LogP contribution in [0, 0.1) is 0 Å². The average Bonchev–Trinajstić information content (AvgIpc) is 2.26. The van der Waals surface area contributed by atoms with E-state index in [2.05, 4.69) is 5.32 Å². The van der Waals surface area contributed by atoms with Gasteiger partial charge in [-0.15, -0.1) is 0 Å². The maximum absolute atomic E-state index is 12.3. The quantitative estimate of drug-likeness (QED) is 0.862. The highest BCUT2D eigenvalue weighted by atomic mass is 19.4. The van der Waals surface area contributed by atoms with Crippen molar-refractivity contribution >= 4 is 0 Å². The fourth-order valence-corrected chi connectivity index (χ4v) is 1.58. The topological polar surface area (TPSA) is 21.3 Å². The molecule has 0 spiro atoms. The van der Waals surface area contributed by atoms with Crippen molar-refractivity contribution in [1.29, 1.82) is 0 Å². The van der Waals surface area contributed by atoms with Crippen LogP contribution in [0.1, 0.15) is 24.9 Å². The third kappa shape index (κ3) is 4.65.